The summed E-state index contributed by atoms with van der Waals surface area (Å²) in [5.74, 6) is 0.853. The first-order valence-corrected chi connectivity index (χ1v) is 9.12. The van der Waals surface area contributed by atoms with Gasteiger partial charge in [-0.15, -0.1) is 0 Å². The summed E-state index contributed by atoms with van der Waals surface area (Å²) >= 11 is 7.76. The molecular weight excluding hydrogens is 350 g/mol. The third-order valence-corrected chi connectivity index (χ3v) is 5.46. The van der Waals surface area contributed by atoms with Gasteiger partial charge in [0.05, 0.1) is 12.8 Å². The highest BCUT2D eigenvalue weighted by Crippen LogP contribution is 2.41. The fourth-order valence-corrected chi connectivity index (χ4v) is 4.00. The van der Waals surface area contributed by atoms with E-state index in [4.69, 9.17) is 16.3 Å². The van der Waals surface area contributed by atoms with E-state index in [-0.39, 0.29) is 0 Å². The van der Waals surface area contributed by atoms with E-state index in [2.05, 4.69) is 35.3 Å². The van der Waals surface area contributed by atoms with E-state index < -0.39 is 0 Å². The van der Waals surface area contributed by atoms with E-state index in [1.807, 2.05) is 42.5 Å². The van der Waals surface area contributed by atoms with Crippen LogP contribution in [0, 0.1) is 0 Å². The molecule has 0 amide bonds. The van der Waals surface area contributed by atoms with Gasteiger partial charge in [0.1, 0.15) is 5.75 Å². The minimum Gasteiger partial charge on any atom is -0.497 e. The van der Waals surface area contributed by atoms with Crippen molar-refractivity contribution < 1.29 is 4.74 Å². The van der Waals surface area contributed by atoms with E-state index in [1.165, 1.54) is 10.3 Å². The first-order valence-electron chi connectivity index (χ1n) is 7.93. The Morgan fingerprint density at radius 3 is 2.32 bits per heavy atom. The van der Waals surface area contributed by atoms with E-state index in [1.54, 1.807) is 18.9 Å². The van der Waals surface area contributed by atoms with Crippen molar-refractivity contribution in [1.82, 2.24) is 4.98 Å². The standard InChI is InChI=1S/C21H16ClNOS/c1-24-16-10-6-14(7-11-16)20-21(18-4-2-3-5-19(18)23-20)25-17-12-8-15(22)9-13-17/h2-13,23H,1H3. The molecule has 3 aromatic carbocycles. The van der Waals surface area contributed by atoms with Crippen LogP contribution in [0.1, 0.15) is 0 Å². The molecule has 0 aliphatic rings. The molecule has 1 N–H and O–H groups in total. The van der Waals surface area contributed by atoms with Gasteiger partial charge in [0.15, 0.2) is 0 Å². The zero-order valence-electron chi connectivity index (χ0n) is 13.6. The summed E-state index contributed by atoms with van der Waals surface area (Å²) in [6, 6.07) is 24.4. The number of rotatable bonds is 4. The van der Waals surface area contributed by atoms with E-state index in [0.717, 1.165) is 32.4 Å². The second-order valence-corrected chi connectivity index (χ2v) is 7.18. The number of H-pyrrole nitrogens is 1. The molecule has 0 aliphatic heterocycles. The fourth-order valence-electron chi connectivity index (χ4n) is 2.80. The number of hydrogen-bond donors (Lipinski definition) is 1. The first-order chi connectivity index (χ1) is 12.2. The Morgan fingerprint density at radius 1 is 0.880 bits per heavy atom. The Morgan fingerprint density at radius 2 is 1.60 bits per heavy atom. The van der Waals surface area contributed by atoms with Gasteiger partial charge in [-0.05, 0) is 60.2 Å². The van der Waals surface area contributed by atoms with Gasteiger partial charge in [-0.25, -0.2) is 0 Å². The number of benzene rings is 3. The van der Waals surface area contributed by atoms with Gasteiger partial charge in [-0.2, -0.15) is 0 Å². The molecule has 0 saturated carbocycles. The Labute approximate surface area is 155 Å². The second kappa shape index (κ2) is 6.87. The molecule has 2 nitrogen and oxygen atoms in total. The second-order valence-electron chi connectivity index (χ2n) is 5.66. The van der Waals surface area contributed by atoms with Gasteiger partial charge in [0, 0.05) is 25.7 Å². The number of hydrogen-bond acceptors (Lipinski definition) is 2. The lowest BCUT2D eigenvalue weighted by Gasteiger charge is -2.07. The number of para-hydroxylation sites is 1. The lowest BCUT2D eigenvalue weighted by molar-refractivity contribution is 0.415. The minimum absolute atomic E-state index is 0.749. The normalized spacial score (nSPS) is 11.0. The number of aromatic nitrogens is 1. The maximum absolute atomic E-state index is 6.02. The smallest absolute Gasteiger partial charge is 0.118 e. The molecule has 1 aromatic heterocycles. The quantitative estimate of drug-likeness (QED) is 0.438. The minimum atomic E-state index is 0.749. The van der Waals surface area contributed by atoms with Gasteiger partial charge in [0.25, 0.3) is 0 Å². The topological polar surface area (TPSA) is 25.0 Å². The van der Waals surface area contributed by atoms with Crippen LogP contribution >= 0.6 is 23.4 Å². The number of nitrogens with one attached hydrogen (secondary N) is 1. The van der Waals surface area contributed by atoms with Crippen LogP contribution in [0.4, 0.5) is 0 Å². The third kappa shape index (κ3) is 3.26. The molecule has 4 rings (SSSR count). The molecule has 4 heteroatoms. The molecule has 0 saturated heterocycles. The van der Waals surface area contributed by atoms with Crippen LogP contribution < -0.4 is 4.74 Å². The maximum atomic E-state index is 6.02. The summed E-state index contributed by atoms with van der Waals surface area (Å²) in [6.07, 6.45) is 0. The van der Waals surface area contributed by atoms with Crippen molar-refractivity contribution >= 4 is 34.3 Å². The molecule has 0 aliphatic carbocycles. The van der Waals surface area contributed by atoms with Crippen molar-refractivity contribution in [1.29, 1.82) is 0 Å². The lowest BCUT2D eigenvalue weighted by atomic mass is 10.1. The average molecular weight is 366 g/mol. The van der Waals surface area contributed by atoms with Gasteiger partial charge >= 0.3 is 0 Å². The summed E-state index contributed by atoms with van der Waals surface area (Å²) < 4.78 is 5.27. The van der Waals surface area contributed by atoms with Gasteiger partial charge in [-0.1, -0.05) is 41.6 Å². The van der Waals surface area contributed by atoms with Crippen LogP contribution in [0.15, 0.2) is 82.6 Å². The monoisotopic (exact) mass is 365 g/mol. The number of ether oxygens (including phenoxy) is 1. The van der Waals surface area contributed by atoms with E-state index in [9.17, 15) is 0 Å². The molecule has 4 aromatic rings. The SMILES string of the molecule is COc1ccc(-c2[nH]c3ccccc3c2Sc2ccc(Cl)cc2)cc1. The van der Waals surface area contributed by atoms with Crippen LogP contribution in [-0.2, 0) is 0 Å². The molecular formula is C21H16ClNOS. The number of fused-ring (bicyclic) bond motifs is 1. The summed E-state index contributed by atoms with van der Waals surface area (Å²) in [6.45, 7) is 0. The predicted molar refractivity (Wildman–Crippen MR) is 106 cm³/mol. The van der Waals surface area contributed by atoms with Crippen LogP contribution in [0.3, 0.4) is 0 Å². The molecule has 124 valence electrons. The summed E-state index contributed by atoms with van der Waals surface area (Å²) in [5.41, 5.74) is 3.38. The van der Waals surface area contributed by atoms with Crippen molar-refractivity contribution in [2.75, 3.05) is 7.11 Å². The average Bonchev–Trinajstić information content (AvgIpc) is 3.02. The van der Waals surface area contributed by atoms with Crippen molar-refractivity contribution in [3.63, 3.8) is 0 Å². The van der Waals surface area contributed by atoms with Crippen LogP contribution in [0.25, 0.3) is 22.2 Å². The number of halogens is 1. The van der Waals surface area contributed by atoms with Crippen LogP contribution in [0.5, 0.6) is 5.75 Å². The van der Waals surface area contributed by atoms with Crippen molar-refractivity contribution in [2.45, 2.75) is 9.79 Å². The highest BCUT2D eigenvalue weighted by Gasteiger charge is 2.14. The Balaban J connectivity index is 1.83. The number of aromatic amines is 1. The van der Waals surface area contributed by atoms with Crippen LogP contribution in [-0.4, -0.2) is 12.1 Å². The molecule has 0 bridgehead atoms. The largest absolute Gasteiger partial charge is 0.497 e. The van der Waals surface area contributed by atoms with Gasteiger partial charge < -0.3 is 9.72 Å². The summed E-state index contributed by atoms with van der Waals surface area (Å²) in [4.78, 5) is 5.93. The third-order valence-electron chi connectivity index (χ3n) is 4.07. The lowest BCUT2D eigenvalue weighted by Crippen LogP contribution is -1.84. The molecule has 1 heterocycles. The Bertz CT molecular complexity index is 1010. The van der Waals surface area contributed by atoms with E-state index in [0.29, 0.717) is 0 Å². The summed E-state index contributed by atoms with van der Waals surface area (Å²) in [7, 11) is 1.68. The predicted octanol–water partition coefficient (Wildman–Crippen LogP) is 6.65. The fraction of sp³-hybridized carbons (Fsp3) is 0.0476. The zero-order chi connectivity index (χ0) is 17.2. The van der Waals surface area contributed by atoms with Crippen molar-refractivity contribution in [3.05, 3.63) is 77.8 Å². The molecule has 0 unspecified atom stereocenters. The molecule has 0 fully saturated rings. The van der Waals surface area contributed by atoms with Crippen molar-refractivity contribution in [2.24, 2.45) is 0 Å². The highest BCUT2D eigenvalue weighted by molar-refractivity contribution is 7.99. The Hall–Kier alpha value is -2.36. The summed E-state index contributed by atoms with van der Waals surface area (Å²) in [5, 5.41) is 1.96. The maximum Gasteiger partial charge on any atom is 0.118 e. The van der Waals surface area contributed by atoms with Crippen LogP contribution in [0.2, 0.25) is 5.02 Å². The zero-order valence-corrected chi connectivity index (χ0v) is 15.2. The highest BCUT2D eigenvalue weighted by atomic mass is 35.5. The molecule has 25 heavy (non-hydrogen) atoms. The van der Waals surface area contributed by atoms with Gasteiger partial charge in [-0.3, -0.25) is 0 Å². The molecule has 0 spiro atoms. The first kappa shape index (κ1) is 16.1. The molecule has 0 radical (unpaired) electrons. The molecule has 0 atom stereocenters. The van der Waals surface area contributed by atoms with E-state index >= 15 is 0 Å². The van der Waals surface area contributed by atoms with Gasteiger partial charge in [0.2, 0.25) is 0 Å². The van der Waals surface area contributed by atoms with Crippen molar-refractivity contribution in [3.8, 4) is 17.0 Å². The Kier molecular flexibility index (Phi) is 4.43. The number of methoxy groups -OCH3 is 1.